The minimum Gasteiger partial charge on any atom is -0.313 e. The van der Waals surface area contributed by atoms with E-state index < -0.39 is 0 Å². The average molecular weight is 207 g/mol. The molecule has 1 aliphatic carbocycles. The van der Waals surface area contributed by atoms with E-state index in [0.717, 1.165) is 30.5 Å². The van der Waals surface area contributed by atoms with Crippen molar-refractivity contribution in [2.24, 2.45) is 5.41 Å². The number of hydrogen-bond acceptors (Lipinski definition) is 2. The first-order chi connectivity index (χ1) is 6.96. The van der Waals surface area contributed by atoms with Gasteiger partial charge in [0.05, 0.1) is 0 Å². The summed E-state index contributed by atoms with van der Waals surface area (Å²) < 4.78 is 0. The summed E-state index contributed by atoms with van der Waals surface area (Å²) in [6.07, 6.45) is 3.96. The molecule has 0 aromatic rings. The third-order valence-corrected chi connectivity index (χ3v) is 2.59. The van der Waals surface area contributed by atoms with Crippen molar-refractivity contribution in [2.75, 3.05) is 13.1 Å². The van der Waals surface area contributed by atoms with Gasteiger partial charge in [-0.25, -0.2) is 0 Å². The van der Waals surface area contributed by atoms with Gasteiger partial charge in [0.2, 0.25) is 0 Å². The molecule has 0 atom stereocenters. The highest BCUT2D eigenvalue weighted by Gasteiger charge is 2.28. The summed E-state index contributed by atoms with van der Waals surface area (Å²) >= 11 is 0. The van der Waals surface area contributed by atoms with E-state index >= 15 is 0 Å². The van der Waals surface area contributed by atoms with Crippen LogP contribution in [0.4, 0.5) is 0 Å². The second kappa shape index (κ2) is 4.75. The molecule has 0 radical (unpaired) electrons. The maximum Gasteiger partial charge on any atom is 0.185 e. The highest BCUT2D eigenvalue weighted by molar-refractivity contribution is 6.09. The molecule has 2 nitrogen and oxygen atoms in total. The smallest absolute Gasteiger partial charge is 0.185 e. The van der Waals surface area contributed by atoms with Crippen molar-refractivity contribution in [3.63, 3.8) is 0 Å². The molecule has 0 amide bonds. The minimum absolute atomic E-state index is 0.0776. The second-order valence-corrected chi connectivity index (χ2v) is 4.94. The number of hydrogen-bond donors (Lipinski definition) is 1. The Kier molecular flexibility index (Phi) is 3.86. The highest BCUT2D eigenvalue weighted by Crippen LogP contribution is 2.33. The molecule has 1 rings (SSSR count). The summed E-state index contributed by atoms with van der Waals surface area (Å²) in [5.41, 5.74) is 1.70. The summed E-state index contributed by atoms with van der Waals surface area (Å²) in [6, 6.07) is 0. The largest absolute Gasteiger partial charge is 0.313 e. The molecule has 0 saturated heterocycles. The van der Waals surface area contributed by atoms with Crippen LogP contribution in [0.5, 0.6) is 0 Å². The summed E-state index contributed by atoms with van der Waals surface area (Å²) in [5.74, 6) is 0.137. The standard InChI is InChI=1S/C13H21NO/c1-5-6-14-9-11-8-13(3,4)7-10(2)12(11)15/h8,14H,2,5-7,9H2,1,3-4H3. The molecule has 0 spiro atoms. The fourth-order valence-corrected chi connectivity index (χ4v) is 1.98. The van der Waals surface area contributed by atoms with Crippen LogP contribution in [0.15, 0.2) is 23.8 Å². The van der Waals surface area contributed by atoms with Gasteiger partial charge in [-0.2, -0.15) is 0 Å². The van der Waals surface area contributed by atoms with Crippen molar-refractivity contribution in [3.8, 4) is 0 Å². The Labute approximate surface area is 92.4 Å². The number of carbonyl (C=O) groups excluding carboxylic acids is 1. The first kappa shape index (κ1) is 12.2. The maximum absolute atomic E-state index is 11.8. The van der Waals surface area contributed by atoms with E-state index in [0.29, 0.717) is 6.54 Å². The first-order valence-electron chi connectivity index (χ1n) is 5.61. The average Bonchev–Trinajstić information content (AvgIpc) is 2.12. The number of nitrogens with one attached hydrogen (secondary N) is 1. The zero-order chi connectivity index (χ0) is 11.5. The van der Waals surface area contributed by atoms with Crippen LogP contribution < -0.4 is 5.32 Å². The van der Waals surface area contributed by atoms with Crippen molar-refractivity contribution in [2.45, 2.75) is 33.6 Å². The predicted octanol–water partition coefficient (Wildman–Crippen LogP) is 2.47. The molecule has 0 aromatic carbocycles. The minimum atomic E-state index is 0.0776. The van der Waals surface area contributed by atoms with Crippen LogP contribution in [0.1, 0.15) is 33.6 Å². The molecular formula is C13H21NO. The van der Waals surface area contributed by atoms with Gasteiger partial charge in [0.1, 0.15) is 0 Å². The van der Waals surface area contributed by atoms with Gasteiger partial charge in [0, 0.05) is 12.1 Å². The lowest BCUT2D eigenvalue weighted by molar-refractivity contribution is -0.113. The van der Waals surface area contributed by atoms with Crippen molar-refractivity contribution in [1.82, 2.24) is 5.32 Å². The van der Waals surface area contributed by atoms with Crippen LogP contribution in [0.2, 0.25) is 0 Å². The van der Waals surface area contributed by atoms with Crippen LogP contribution in [-0.4, -0.2) is 18.9 Å². The predicted molar refractivity (Wildman–Crippen MR) is 63.8 cm³/mol. The van der Waals surface area contributed by atoms with Crippen molar-refractivity contribution >= 4 is 5.78 Å². The van der Waals surface area contributed by atoms with Gasteiger partial charge in [-0.15, -0.1) is 0 Å². The van der Waals surface area contributed by atoms with Crippen LogP contribution in [0.3, 0.4) is 0 Å². The lowest BCUT2D eigenvalue weighted by Gasteiger charge is -2.28. The summed E-state index contributed by atoms with van der Waals surface area (Å²) in [5, 5.41) is 3.26. The Morgan fingerprint density at radius 1 is 1.53 bits per heavy atom. The molecule has 0 aromatic heterocycles. The van der Waals surface area contributed by atoms with Crippen molar-refractivity contribution in [1.29, 1.82) is 0 Å². The number of carbonyl (C=O) groups is 1. The lowest BCUT2D eigenvalue weighted by Crippen LogP contribution is -2.28. The number of rotatable bonds is 4. The van der Waals surface area contributed by atoms with Crippen molar-refractivity contribution < 1.29 is 4.79 Å². The SMILES string of the molecule is C=C1CC(C)(C)C=C(CNCCC)C1=O. The number of Topliss-reactive ketones (excluding diaryl/α,β-unsaturated/α-hetero) is 1. The normalized spacial score (nSPS) is 20.3. The van der Waals surface area contributed by atoms with E-state index in [1.54, 1.807) is 0 Å². The molecule has 84 valence electrons. The van der Waals surface area contributed by atoms with E-state index in [1.807, 2.05) is 0 Å². The second-order valence-electron chi connectivity index (χ2n) is 4.94. The van der Waals surface area contributed by atoms with E-state index in [1.165, 1.54) is 0 Å². The summed E-state index contributed by atoms with van der Waals surface area (Å²) in [7, 11) is 0. The van der Waals surface area contributed by atoms with Gasteiger partial charge in [0.15, 0.2) is 5.78 Å². The van der Waals surface area contributed by atoms with Crippen molar-refractivity contribution in [3.05, 3.63) is 23.8 Å². The quantitative estimate of drug-likeness (QED) is 0.567. The Hall–Kier alpha value is -0.890. The van der Waals surface area contributed by atoms with Gasteiger partial charge in [-0.05, 0) is 30.4 Å². The molecule has 0 fully saturated rings. The molecule has 1 N–H and O–H groups in total. The zero-order valence-electron chi connectivity index (χ0n) is 10.0. The zero-order valence-corrected chi connectivity index (χ0v) is 10.0. The van der Waals surface area contributed by atoms with Crippen LogP contribution in [0.25, 0.3) is 0 Å². The molecule has 0 heterocycles. The fraction of sp³-hybridized carbons (Fsp3) is 0.615. The van der Waals surface area contributed by atoms with E-state index in [-0.39, 0.29) is 11.2 Å². The molecule has 0 unspecified atom stereocenters. The summed E-state index contributed by atoms with van der Waals surface area (Å²) in [4.78, 5) is 11.8. The van der Waals surface area contributed by atoms with Crippen LogP contribution in [0, 0.1) is 5.41 Å². The van der Waals surface area contributed by atoms with Crippen LogP contribution in [-0.2, 0) is 4.79 Å². The Morgan fingerprint density at radius 3 is 2.80 bits per heavy atom. The molecule has 15 heavy (non-hydrogen) atoms. The highest BCUT2D eigenvalue weighted by atomic mass is 16.1. The van der Waals surface area contributed by atoms with E-state index in [9.17, 15) is 4.79 Å². The van der Waals surface area contributed by atoms with Gasteiger partial charge in [-0.1, -0.05) is 33.4 Å². The Bertz CT molecular complexity index is 300. The molecule has 1 aliphatic rings. The maximum atomic E-state index is 11.8. The number of ketones is 1. The molecule has 2 heteroatoms. The topological polar surface area (TPSA) is 29.1 Å². The first-order valence-corrected chi connectivity index (χ1v) is 5.61. The third-order valence-electron chi connectivity index (χ3n) is 2.59. The van der Waals surface area contributed by atoms with Gasteiger partial charge < -0.3 is 5.32 Å². The monoisotopic (exact) mass is 207 g/mol. The molecule has 0 bridgehead atoms. The van der Waals surface area contributed by atoms with E-state index in [2.05, 4.69) is 38.7 Å². The third kappa shape index (κ3) is 3.31. The fourth-order valence-electron chi connectivity index (χ4n) is 1.98. The Balaban J connectivity index is 2.71. The molecular weight excluding hydrogens is 186 g/mol. The number of allylic oxidation sites excluding steroid dienone is 2. The van der Waals surface area contributed by atoms with Gasteiger partial charge in [-0.3, -0.25) is 4.79 Å². The lowest BCUT2D eigenvalue weighted by atomic mass is 9.77. The van der Waals surface area contributed by atoms with E-state index in [4.69, 9.17) is 0 Å². The molecule has 0 aliphatic heterocycles. The Morgan fingerprint density at radius 2 is 2.20 bits per heavy atom. The summed E-state index contributed by atoms with van der Waals surface area (Å²) in [6.45, 7) is 11.9. The van der Waals surface area contributed by atoms with Gasteiger partial charge >= 0.3 is 0 Å². The molecule has 0 saturated carbocycles. The van der Waals surface area contributed by atoms with Crippen LogP contribution >= 0.6 is 0 Å². The van der Waals surface area contributed by atoms with Gasteiger partial charge in [0.25, 0.3) is 0 Å².